The first-order valence-corrected chi connectivity index (χ1v) is 6.67. The summed E-state index contributed by atoms with van der Waals surface area (Å²) in [4.78, 5) is 11.6. The van der Waals surface area contributed by atoms with E-state index < -0.39 is 12.1 Å². The summed E-state index contributed by atoms with van der Waals surface area (Å²) in [5.41, 5.74) is 0.390. The van der Waals surface area contributed by atoms with Crippen LogP contribution in [0, 0.1) is 5.92 Å². The van der Waals surface area contributed by atoms with E-state index in [0.717, 1.165) is 32.2 Å². The number of carboxylic acids is 1. The Morgan fingerprint density at radius 2 is 2.00 bits per heavy atom. The molecule has 0 aromatic rings. The van der Waals surface area contributed by atoms with E-state index in [1.807, 2.05) is 0 Å². The Hall–Kier alpha value is -0.860. The highest BCUT2D eigenvalue weighted by molar-refractivity contribution is 5.73. The molecule has 0 radical (unpaired) electrons. The second-order valence-corrected chi connectivity index (χ2v) is 5.59. The zero-order valence-corrected chi connectivity index (χ0v) is 11.1. The summed E-state index contributed by atoms with van der Waals surface area (Å²) >= 11 is 0. The first-order chi connectivity index (χ1) is 9.33. The third-order valence-electron chi connectivity index (χ3n) is 3.84. The number of carboxylic acid groups (broad SMARTS) is 1. The van der Waals surface area contributed by atoms with Crippen molar-refractivity contribution in [3.63, 3.8) is 0 Å². The average Bonchev–Trinajstić information content (AvgIpc) is 3.11. The first kappa shape index (κ1) is 15.5. The molecule has 2 saturated heterocycles. The Labute approximate surface area is 115 Å². The van der Waals surface area contributed by atoms with Crippen molar-refractivity contribution in [2.75, 3.05) is 39.4 Å². The number of halogens is 3. The molecule has 0 unspecified atom stereocenters. The maximum absolute atomic E-state index is 10.6. The SMILES string of the molecule is C1CN(CC2CC2)C2(CN1)COC2.O=C(O)C(F)(F)F. The fourth-order valence-electron chi connectivity index (χ4n) is 2.40. The summed E-state index contributed by atoms with van der Waals surface area (Å²) in [6.45, 7) is 6.75. The number of ether oxygens (including phenoxy) is 1. The number of aliphatic carboxylic acids is 1. The third kappa shape index (κ3) is 3.83. The highest BCUT2D eigenvalue weighted by Gasteiger charge is 2.46. The number of nitrogens with one attached hydrogen (secondary N) is 1. The Morgan fingerprint density at radius 3 is 2.40 bits per heavy atom. The van der Waals surface area contributed by atoms with Crippen LogP contribution >= 0.6 is 0 Å². The van der Waals surface area contributed by atoms with Crippen molar-refractivity contribution in [2.45, 2.75) is 24.6 Å². The van der Waals surface area contributed by atoms with Crippen molar-refractivity contribution >= 4 is 5.97 Å². The Kier molecular flexibility index (Phi) is 4.55. The summed E-state index contributed by atoms with van der Waals surface area (Å²) < 4.78 is 37.1. The van der Waals surface area contributed by atoms with Crippen LogP contribution in [0.4, 0.5) is 13.2 Å². The van der Waals surface area contributed by atoms with E-state index in [1.54, 1.807) is 0 Å². The van der Waals surface area contributed by atoms with Crippen molar-refractivity contribution in [3.8, 4) is 0 Å². The van der Waals surface area contributed by atoms with Gasteiger partial charge >= 0.3 is 12.1 Å². The van der Waals surface area contributed by atoms with E-state index in [-0.39, 0.29) is 0 Å². The molecule has 2 heterocycles. The van der Waals surface area contributed by atoms with Crippen LogP contribution in [0.1, 0.15) is 12.8 Å². The van der Waals surface area contributed by atoms with Crippen LogP contribution in [0.5, 0.6) is 0 Å². The lowest BCUT2D eigenvalue weighted by molar-refractivity contribution is -0.192. The molecule has 116 valence electrons. The number of piperazine rings is 1. The lowest BCUT2D eigenvalue weighted by Gasteiger charge is -2.52. The molecule has 0 aromatic carbocycles. The summed E-state index contributed by atoms with van der Waals surface area (Å²) in [7, 11) is 0. The molecular weight excluding hydrogens is 277 g/mol. The van der Waals surface area contributed by atoms with Crippen LogP contribution < -0.4 is 5.32 Å². The molecule has 5 nitrogen and oxygen atoms in total. The van der Waals surface area contributed by atoms with Crippen LogP contribution in [-0.4, -0.2) is 67.1 Å². The minimum Gasteiger partial charge on any atom is -0.475 e. The van der Waals surface area contributed by atoms with Crippen LogP contribution in [0.3, 0.4) is 0 Å². The van der Waals surface area contributed by atoms with E-state index in [9.17, 15) is 13.2 Å². The fraction of sp³-hybridized carbons (Fsp3) is 0.917. The second kappa shape index (κ2) is 5.87. The Bertz CT molecular complexity index is 354. The van der Waals surface area contributed by atoms with Gasteiger partial charge in [0.05, 0.1) is 18.8 Å². The van der Waals surface area contributed by atoms with Crippen LogP contribution in [0.25, 0.3) is 0 Å². The Morgan fingerprint density at radius 1 is 1.40 bits per heavy atom. The van der Waals surface area contributed by atoms with E-state index >= 15 is 0 Å². The summed E-state index contributed by atoms with van der Waals surface area (Å²) in [5.74, 6) is -1.75. The van der Waals surface area contributed by atoms with Crippen molar-refractivity contribution in [2.24, 2.45) is 5.92 Å². The van der Waals surface area contributed by atoms with Crippen LogP contribution in [0.15, 0.2) is 0 Å². The van der Waals surface area contributed by atoms with E-state index in [0.29, 0.717) is 5.54 Å². The quantitative estimate of drug-likeness (QED) is 0.785. The smallest absolute Gasteiger partial charge is 0.475 e. The maximum atomic E-state index is 10.6. The zero-order chi connectivity index (χ0) is 14.8. The number of nitrogens with zero attached hydrogens (tertiary/aromatic N) is 1. The third-order valence-corrected chi connectivity index (χ3v) is 3.84. The molecule has 3 rings (SSSR count). The van der Waals surface area contributed by atoms with Crippen molar-refractivity contribution in [1.29, 1.82) is 0 Å². The van der Waals surface area contributed by atoms with Crippen LogP contribution in [-0.2, 0) is 9.53 Å². The lowest BCUT2D eigenvalue weighted by Crippen LogP contribution is -2.71. The number of hydrogen-bond donors (Lipinski definition) is 2. The normalized spacial score (nSPS) is 25.6. The largest absolute Gasteiger partial charge is 0.490 e. The van der Waals surface area contributed by atoms with Gasteiger partial charge in [-0.1, -0.05) is 0 Å². The molecule has 8 heteroatoms. The van der Waals surface area contributed by atoms with Gasteiger partial charge in [0, 0.05) is 26.2 Å². The number of rotatable bonds is 2. The fourth-order valence-corrected chi connectivity index (χ4v) is 2.40. The molecule has 2 N–H and O–H groups in total. The molecule has 3 fully saturated rings. The van der Waals surface area contributed by atoms with Gasteiger partial charge in [0.15, 0.2) is 0 Å². The van der Waals surface area contributed by atoms with Gasteiger partial charge in [-0.15, -0.1) is 0 Å². The van der Waals surface area contributed by atoms with Crippen molar-refractivity contribution in [1.82, 2.24) is 10.2 Å². The number of alkyl halides is 3. The molecule has 20 heavy (non-hydrogen) atoms. The monoisotopic (exact) mass is 296 g/mol. The lowest BCUT2D eigenvalue weighted by atomic mass is 9.92. The number of hydrogen-bond acceptors (Lipinski definition) is 4. The molecular formula is C12H19F3N2O3. The highest BCUT2D eigenvalue weighted by atomic mass is 19.4. The van der Waals surface area contributed by atoms with Gasteiger partial charge < -0.3 is 15.2 Å². The van der Waals surface area contributed by atoms with Crippen LogP contribution in [0.2, 0.25) is 0 Å². The summed E-state index contributed by atoms with van der Waals surface area (Å²) in [5, 5.41) is 10.6. The van der Waals surface area contributed by atoms with Gasteiger partial charge in [-0.2, -0.15) is 13.2 Å². The molecule has 2 aliphatic heterocycles. The van der Waals surface area contributed by atoms with E-state index in [1.165, 1.54) is 25.9 Å². The van der Waals surface area contributed by atoms with Gasteiger partial charge in [-0.25, -0.2) is 4.79 Å². The van der Waals surface area contributed by atoms with Gasteiger partial charge in [0.25, 0.3) is 0 Å². The zero-order valence-electron chi connectivity index (χ0n) is 11.1. The molecule has 1 saturated carbocycles. The predicted molar refractivity (Wildman–Crippen MR) is 64.4 cm³/mol. The molecule has 0 amide bonds. The minimum absolute atomic E-state index is 0.390. The van der Waals surface area contributed by atoms with Crippen molar-refractivity contribution < 1.29 is 27.8 Å². The molecule has 0 aromatic heterocycles. The summed E-state index contributed by atoms with van der Waals surface area (Å²) in [6, 6.07) is 0. The topological polar surface area (TPSA) is 61.8 Å². The standard InChI is InChI=1S/C10H18N2O.C2HF3O2/c1-2-9(1)5-12-4-3-11-6-10(12)7-13-8-10;3-2(4,5)1(6)7/h9,11H,1-8H2;(H,6,7). The van der Waals surface area contributed by atoms with Gasteiger partial charge in [-0.05, 0) is 18.8 Å². The van der Waals surface area contributed by atoms with Gasteiger partial charge in [0.2, 0.25) is 0 Å². The number of carbonyl (C=O) groups is 1. The van der Waals surface area contributed by atoms with Gasteiger partial charge in [-0.3, -0.25) is 4.90 Å². The molecule has 1 spiro atoms. The van der Waals surface area contributed by atoms with E-state index in [2.05, 4.69) is 10.2 Å². The molecule has 3 aliphatic rings. The average molecular weight is 296 g/mol. The highest BCUT2D eigenvalue weighted by Crippen LogP contribution is 2.34. The Balaban J connectivity index is 0.000000182. The predicted octanol–water partition coefficient (Wildman–Crippen LogP) is 0.704. The molecule has 1 aliphatic carbocycles. The molecule has 0 bridgehead atoms. The first-order valence-electron chi connectivity index (χ1n) is 6.67. The van der Waals surface area contributed by atoms with E-state index in [4.69, 9.17) is 14.6 Å². The van der Waals surface area contributed by atoms with Crippen molar-refractivity contribution in [3.05, 3.63) is 0 Å². The maximum Gasteiger partial charge on any atom is 0.490 e. The van der Waals surface area contributed by atoms with Gasteiger partial charge in [0.1, 0.15) is 0 Å². The molecule has 0 atom stereocenters. The second-order valence-electron chi connectivity index (χ2n) is 5.59. The minimum atomic E-state index is -5.08. The summed E-state index contributed by atoms with van der Waals surface area (Å²) in [6.07, 6.45) is -2.16.